The van der Waals surface area contributed by atoms with Crippen molar-refractivity contribution in [1.82, 2.24) is 0 Å². The van der Waals surface area contributed by atoms with Crippen LogP contribution in [0.2, 0.25) is 10.0 Å². The van der Waals surface area contributed by atoms with Crippen molar-refractivity contribution >= 4 is 36.1 Å². The van der Waals surface area contributed by atoms with Gasteiger partial charge in [0.2, 0.25) is 0 Å². The molecule has 0 bridgehead atoms. The minimum Gasteiger partial charge on any atom is -0.450 e. The second-order valence-corrected chi connectivity index (χ2v) is 2.62. The molecule has 1 aromatic carbocycles. The molecule has 1 rings (SSSR count). The molecular weight excluding hydrogens is 170 g/mol. The quantitative estimate of drug-likeness (QED) is 0.634. The van der Waals surface area contributed by atoms with Gasteiger partial charge in [-0.05, 0) is 12.1 Å². The van der Waals surface area contributed by atoms with E-state index >= 15 is 0 Å². The van der Waals surface area contributed by atoms with Gasteiger partial charge in [-0.15, -0.1) is 0 Å². The van der Waals surface area contributed by atoms with Crippen LogP contribution in [-0.2, 0) is 0 Å². The van der Waals surface area contributed by atoms with Crippen molar-refractivity contribution in [2.45, 2.75) is 0 Å². The van der Waals surface area contributed by atoms with Crippen LogP contribution in [0.15, 0.2) is 18.2 Å². The molecule has 0 atom stereocenters. The third-order valence-electron chi connectivity index (χ3n) is 1.09. The molecule has 0 spiro atoms. The Labute approximate surface area is 69.9 Å². The molecule has 10 heavy (non-hydrogen) atoms. The molecule has 0 amide bonds. The van der Waals surface area contributed by atoms with Crippen LogP contribution in [0.25, 0.3) is 0 Å². The first-order valence-electron chi connectivity index (χ1n) is 2.66. The number of benzene rings is 1. The van der Waals surface area contributed by atoms with Crippen LogP contribution in [0.5, 0.6) is 0 Å². The van der Waals surface area contributed by atoms with Crippen molar-refractivity contribution in [1.29, 1.82) is 0 Å². The molecule has 0 saturated carbocycles. The Morgan fingerprint density at radius 3 is 2.40 bits per heavy atom. The van der Waals surface area contributed by atoms with E-state index in [2.05, 4.69) is 0 Å². The van der Waals surface area contributed by atoms with E-state index in [0.29, 0.717) is 15.5 Å². The van der Waals surface area contributed by atoms with E-state index in [1.807, 2.05) is 0 Å². The fraction of sp³-hybridized carbons (Fsp3) is 0. The van der Waals surface area contributed by atoms with Crippen LogP contribution in [0.4, 0.5) is 0 Å². The summed E-state index contributed by atoms with van der Waals surface area (Å²) < 4.78 is 0. The average molecular weight is 174 g/mol. The first-order valence-corrected chi connectivity index (χ1v) is 3.42. The zero-order valence-corrected chi connectivity index (χ0v) is 6.52. The van der Waals surface area contributed by atoms with Crippen LogP contribution < -0.4 is 5.46 Å². The van der Waals surface area contributed by atoms with Gasteiger partial charge >= 0.3 is 7.48 Å². The van der Waals surface area contributed by atoms with Crippen LogP contribution in [0.1, 0.15) is 0 Å². The monoisotopic (exact) mass is 173 g/mol. The van der Waals surface area contributed by atoms with Crippen molar-refractivity contribution < 1.29 is 5.02 Å². The summed E-state index contributed by atoms with van der Waals surface area (Å²) in [6.07, 6.45) is 0. The summed E-state index contributed by atoms with van der Waals surface area (Å²) in [6.45, 7) is 0. The summed E-state index contributed by atoms with van der Waals surface area (Å²) in [7, 11) is 0.974. The molecule has 0 saturated heterocycles. The van der Waals surface area contributed by atoms with E-state index in [4.69, 9.17) is 28.2 Å². The zero-order valence-electron chi connectivity index (χ0n) is 5.01. The zero-order chi connectivity index (χ0) is 7.56. The Morgan fingerprint density at radius 2 is 1.90 bits per heavy atom. The van der Waals surface area contributed by atoms with E-state index in [9.17, 15) is 0 Å². The lowest BCUT2D eigenvalue weighted by Crippen LogP contribution is -2.12. The van der Waals surface area contributed by atoms with Gasteiger partial charge in [0.05, 0.1) is 10.0 Å². The molecule has 0 aliphatic carbocycles. The maximum absolute atomic E-state index is 8.53. The van der Waals surface area contributed by atoms with Crippen molar-refractivity contribution in [2.75, 3.05) is 0 Å². The molecular formula is C6H4BCl2O. The molecule has 0 aliphatic rings. The number of hydrogen-bond acceptors (Lipinski definition) is 1. The van der Waals surface area contributed by atoms with E-state index in [0.717, 1.165) is 7.48 Å². The van der Waals surface area contributed by atoms with Gasteiger partial charge in [0.25, 0.3) is 0 Å². The van der Waals surface area contributed by atoms with Gasteiger partial charge in [0, 0.05) is 0 Å². The lowest BCUT2D eigenvalue weighted by Gasteiger charge is -1.96. The van der Waals surface area contributed by atoms with E-state index in [-0.39, 0.29) is 0 Å². The topological polar surface area (TPSA) is 20.2 Å². The minimum atomic E-state index is 0.449. The molecule has 0 fully saturated rings. The third kappa shape index (κ3) is 1.66. The number of hydrogen-bond donors (Lipinski definition) is 1. The molecule has 0 unspecified atom stereocenters. The fourth-order valence-electron chi connectivity index (χ4n) is 0.593. The first kappa shape index (κ1) is 7.93. The molecule has 0 aliphatic heterocycles. The van der Waals surface area contributed by atoms with E-state index in [1.165, 1.54) is 0 Å². The maximum atomic E-state index is 8.53. The third-order valence-corrected chi connectivity index (χ3v) is 1.83. The number of halogens is 2. The van der Waals surface area contributed by atoms with E-state index in [1.54, 1.807) is 18.2 Å². The summed E-state index contributed by atoms with van der Waals surface area (Å²) in [4.78, 5) is 0. The van der Waals surface area contributed by atoms with Crippen LogP contribution in [0.3, 0.4) is 0 Å². The van der Waals surface area contributed by atoms with E-state index < -0.39 is 0 Å². The van der Waals surface area contributed by atoms with Crippen LogP contribution in [-0.4, -0.2) is 12.5 Å². The van der Waals surface area contributed by atoms with Crippen molar-refractivity contribution in [2.24, 2.45) is 0 Å². The highest BCUT2D eigenvalue weighted by molar-refractivity contribution is 6.48. The Hall–Kier alpha value is -0.175. The highest BCUT2D eigenvalue weighted by Gasteiger charge is 1.98. The summed E-state index contributed by atoms with van der Waals surface area (Å²) in [5.41, 5.74) is 0.648. The van der Waals surface area contributed by atoms with Gasteiger partial charge in [0.1, 0.15) is 0 Å². The van der Waals surface area contributed by atoms with Gasteiger partial charge in [0.15, 0.2) is 0 Å². The van der Waals surface area contributed by atoms with Crippen LogP contribution in [0, 0.1) is 0 Å². The fourth-order valence-corrected chi connectivity index (χ4v) is 0.899. The summed E-state index contributed by atoms with van der Waals surface area (Å²) in [6, 6.07) is 4.89. The lowest BCUT2D eigenvalue weighted by atomic mass is 9.89. The van der Waals surface area contributed by atoms with Crippen molar-refractivity contribution in [3.8, 4) is 0 Å². The predicted octanol–water partition coefficient (Wildman–Crippen LogP) is 1.23. The molecule has 1 aromatic rings. The van der Waals surface area contributed by atoms with Gasteiger partial charge in [-0.2, -0.15) is 0 Å². The Morgan fingerprint density at radius 1 is 1.20 bits per heavy atom. The molecule has 1 N–H and O–H groups in total. The summed E-state index contributed by atoms with van der Waals surface area (Å²) in [5.74, 6) is 0. The van der Waals surface area contributed by atoms with Crippen molar-refractivity contribution in [3.05, 3.63) is 28.2 Å². The maximum Gasteiger partial charge on any atom is 0.326 e. The molecule has 1 nitrogen and oxygen atoms in total. The highest BCUT2D eigenvalue weighted by atomic mass is 35.5. The molecule has 51 valence electrons. The van der Waals surface area contributed by atoms with Crippen LogP contribution >= 0.6 is 23.2 Å². The van der Waals surface area contributed by atoms with Gasteiger partial charge in [-0.25, -0.2) is 0 Å². The largest absolute Gasteiger partial charge is 0.450 e. The Balaban J connectivity index is 3.04. The lowest BCUT2D eigenvalue weighted by molar-refractivity contribution is 0.615. The molecule has 0 heterocycles. The standard InChI is InChI=1S/C6H4BCl2O/c8-5-2-1-4(7-10)3-6(5)9/h1-3,10H. The second kappa shape index (κ2) is 3.29. The van der Waals surface area contributed by atoms with Gasteiger partial charge in [-0.3, -0.25) is 0 Å². The smallest absolute Gasteiger partial charge is 0.326 e. The number of rotatable bonds is 1. The molecule has 1 radical (unpaired) electrons. The first-order chi connectivity index (χ1) is 4.74. The van der Waals surface area contributed by atoms with Crippen molar-refractivity contribution in [3.63, 3.8) is 0 Å². The normalized spacial score (nSPS) is 9.50. The molecule has 4 heteroatoms. The molecule has 0 aromatic heterocycles. The highest BCUT2D eigenvalue weighted by Crippen LogP contribution is 2.18. The van der Waals surface area contributed by atoms with Gasteiger partial charge < -0.3 is 5.02 Å². The SMILES string of the molecule is O[B]c1ccc(Cl)c(Cl)c1. The Kier molecular flexibility index (Phi) is 2.60. The Bertz CT molecular complexity index is 239. The predicted molar refractivity (Wildman–Crippen MR) is 44.1 cm³/mol. The second-order valence-electron chi connectivity index (χ2n) is 1.80. The average Bonchev–Trinajstić information content (AvgIpc) is 1.95. The summed E-state index contributed by atoms with van der Waals surface area (Å²) in [5, 5.41) is 9.47. The van der Waals surface area contributed by atoms with Gasteiger partial charge in [-0.1, -0.05) is 34.7 Å². The minimum absolute atomic E-state index is 0.449. The summed E-state index contributed by atoms with van der Waals surface area (Å²) >= 11 is 11.2.